The average molecular weight is 257 g/mol. The third-order valence-electron chi connectivity index (χ3n) is 2.31. The molecular weight excluding hydrogens is 236 g/mol. The number of para-hydroxylation sites is 1. The van der Waals surface area contributed by atoms with Crippen molar-refractivity contribution in [3.8, 4) is 0 Å². The summed E-state index contributed by atoms with van der Waals surface area (Å²) in [5, 5.41) is 10.8. The van der Waals surface area contributed by atoms with Crippen LogP contribution in [0.5, 0.6) is 0 Å². The fourth-order valence-corrected chi connectivity index (χ4v) is 1.49. The summed E-state index contributed by atoms with van der Waals surface area (Å²) in [6.07, 6.45) is 1.07. The van der Waals surface area contributed by atoms with Crippen LogP contribution in [0.15, 0.2) is 24.3 Å². The van der Waals surface area contributed by atoms with Crippen LogP contribution in [-0.4, -0.2) is 37.9 Å². The number of nitrogens with one attached hydrogen (secondary N) is 2. The van der Waals surface area contributed by atoms with Crippen LogP contribution in [0.1, 0.15) is 12.0 Å². The van der Waals surface area contributed by atoms with Gasteiger partial charge in [0.15, 0.2) is 0 Å². The molecule has 0 heterocycles. The van der Waals surface area contributed by atoms with Gasteiger partial charge < -0.3 is 16.0 Å². The van der Waals surface area contributed by atoms with Crippen LogP contribution in [0, 0.1) is 5.41 Å². The van der Waals surface area contributed by atoms with E-state index in [1.807, 2.05) is 24.3 Å². The van der Waals surface area contributed by atoms with E-state index in [-0.39, 0.29) is 18.2 Å². The highest BCUT2D eigenvalue weighted by atomic mass is 35.5. The third-order valence-corrected chi connectivity index (χ3v) is 2.31. The number of halogens is 1. The molecule has 1 aromatic rings. The number of benzene rings is 1. The van der Waals surface area contributed by atoms with E-state index in [4.69, 9.17) is 11.1 Å². The van der Waals surface area contributed by atoms with E-state index in [1.165, 1.54) is 0 Å². The van der Waals surface area contributed by atoms with Crippen molar-refractivity contribution in [3.05, 3.63) is 29.8 Å². The van der Waals surface area contributed by atoms with Crippen molar-refractivity contribution in [1.29, 1.82) is 5.41 Å². The molecule has 0 aromatic heterocycles. The number of amidine groups is 1. The van der Waals surface area contributed by atoms with Gasteiger partial charge in [0.25, 0.3) is 0 Å². The lowest BCUT2D eigenvalue weighted by atomic mass is 10.1. The maximum absolute atomic E-state index is 7.45. The van der Waals surface area contributed by atoms with E-state index in [1.54, 1.807) is 0 Å². The summed E-state index contributed by atoms with van der Waals surface area (Å²) in [4.78, 5) is 2.15. The minimum Gasteiger partial charge on any atom is -0.384 e. The summed E-state index contributed by atoms with van der Waals surface area (Å²) in [5.41, 5.74) is 7.21. The van der Waals surface area contributed by atoms with Gasteiger partial charge >= 0.3 is 0 Å². The molecule has 0 saturated carbocycles. The molecule has 0 saturated heterocycles. The summed E-state index contributed by atoms with van der Waals surface area (Å²) in [5.74, 6) is 0.107. The molecule has 0 radical (unpaired) electrons. The highest BCUT2D eigenvalue weighted by molar-refractivity contribution is 6.00. The molecule has 4 N–H and O–H groups in total. The molecular formula is C12H21ClN4. The highest BCUT2D eigenvalue weighted by Gasteiger charge is 2.02. The lowest BCUT2D eigenvalue weighted by Crippen LogP contribution is -2.18. The van der Waals surface area contributed by atoms with Crippen molar-refractivity contribution in [3.63, 3.8) is 0 Å². The Labute approximate surface area is 109 Å². The second-order valence-corrected chi connectivity index (χ2v) is 4.04. The average Bonchev–Trinajstić information content (AvgIpc) is 2.24. The minimum absolute atomic E-state index is 0. The molecule has 0 amide bonds. The van der Waals surface area contributed by atoms with E-state index in [2.05, 4.69) is 24.3 Å². The summed E-state index contributed by atoms with van der Waals surface area (Å²) in [7, 11) is 4.12. The Balaban J connectivity index is 0.00000256. The molecule has 0 aliphatic rings. The van der Waals surface area contributed by atoms with Gasteiger partial charge in [-0.3, -0.25) is 5.41 Å². The van der Waals surface area contributed by atoms with Gasteiger partial charge in [-0.2, -0.15) is 0 Å². The van der Waals surface area contributed by atoms with Gasteiger partial charge in [0.1, 0.15) is 5.84 Å². The zero-order valence-electron chi connectivity index (χ0n) is 10.4. The lowest BCUT2D eigenvalue weighted by molar-refractivity contribution is 0.405. The Bertz CT molecular complexity index is 352. The van der Waals surface area contributed by atoms with Crippen LogP contribution in [0.3, 0.4) is 0 Å². The molecule has 1 rings (SSSR count). The Kier molecular flexibility index (Phi) is 7.34. The van der Waals surface area contributed by atoms with Crippen LogP contribution < -0.4 is 11.1 Å². The molecule has 5 heteroatoms. The van der Waals surface area contributed by atoms with Gasteiger partial charge in [0, 0.05) is 17.8 Å². The molecule has 96 valence electrons. The van der Waals surface area contributed by atoms with Crippen molar-refractivity contribution in [2.75, 3.05) is 32.5 Å². The zero-order valence-corrected chi connectivity index (χ0v) is 11.2. The number of anilines is 1. The summed E-state index contributed by atoms with van der Waals surface area (Å²) in [6, 6.07) is 7.64. The van der Waals surface area contributed by atoms with Gasteiger partial charge in [-0.1, -0.05) is 12.1 Å². The molecule has 0 aliphatic carbocycles. The SMILES string of the molecule is CN(C)CCCNc1ccccc1C(=N)N.Cl. The van der Waals surface area contributed by atoms with Crippen molar-refractivity contribution in [2.45, 2.75) is 6.42 Å². The normalized spacial score (nSPS) is 9.82. The third kappa shape index (κ3) is 5.56. The quantitative estimate of drug-likeness (QED) is 0.413. The predicted octanol–water partition coefficient (Wildman–Crippen LogP) is 1.76. The van der Waals surface area contributed by atoms with Gasteiger partial charge in [-0.25, -0.2) is 0 Å². The maximum atomic E-state index is 7.45. The molecule has 0 unspecified atom stereocenters. The molecule has 17 heavy (non-hydrogen) atoms. The first-order valence-corrected chi connectivity index (χ1v) is 5.43. The molecule has 0 spiro atoms. The maximum Gasteiger partial charge on any atom is 0.124 e. The largest absolute Gasteiger partial charge is 0.384 e. The highest BCUT2D eigenvalue weighted by Crippen LogP contribution is 2.13. The van der Waals surface area contributed by atoms with E-state index in [0.717, 1.165) is 30.8 Å². The molecule has 1 aromatic carbocycles. The predicted molar refractivity (Wildman–Crippen MR) is 76.4 cm³/mol. The Morgan fingerprint density at radius 3 is 2.59 bits per heavy atom. The summed E-state index contributed by atoms with van der Waals surface area (Å²) < 4.78 is 0. The first-order chi connectivity index (χ1) is 7.61. The van der Waals surface area contributed by atoms with Gasteiger partial charge in [-0.05, 0) is 39.2 Å². The van der Waals surface area contributed by atoms with Gasteiger partial charge in [0.2, 0.25) is 0 Å². The second-order valence-electron chi connectivity index (χ2n) is 4.04. The first-order valence-electron chi connectivity index (χ1n) is 5.43. The van der Waals surface area contributed by atoms with Crippen LogP contribution in [0.4, 0.5) is 5.69 Å². The number of rotatable bonds is 6. The number of nitrogen functional groups attached to an aromatic ring is 1. The number of hydrogen-bond acceptors (Lipinski definition) is 3. The topological polar surface area (TPSA) is 65.1 Å². The number of nitrogens with zero attached hydrogens (tertiary/aromatic N) is 1. The lowest BCUT2D eigenvalue weighted by Gasteiger charge is -2.12. The van der Waals surface area contributed by atoms with E-state index < -0.39 is 0 Å². The van der Waals surface area contributed by atoms with Crippen LogP contribution in [0.2, 0.25) is 0 Å². The fourth-order valence-electron chi connectivity index (χ4n) is 1.49. The fraction of sp³-hybridized carbons (Fsp3) is 0.417. The van der Waals surface area contributed by atoms with Crippen molar-refractivity contribution < 1.29 is 0 Å². The molecule has 4 nitrogen and oxygen atoms in total. The smallest absolute Gasteiger partial charge is 0.124 e. The van der Waals surface area contributed by atoms with Crippen LogP contribution >= 0.6 is 12.4 Å². The van der Waals surface area contributed by atoms with Crippen molar-refractivity contribution in [2.24, 2.45) is 5.73 Å². The summed E-state index contributed by atoms with van der Waals surface area (Å²) in [6.45, 7) is 1.94. The van der Waals surface area contributed by atoms with Gasteiger partial charge in [-0.15, -0.1) is 12.4 Å². The Hall–Kier alpha value is -1.26. The summed E-state index contributed by atoms with van der Waals surface area (Å²) >= 11 is 0. The Morgan fingerprint density at radius 2 is 2.00 bits per heavy atom. The second kappa shape index (κ2) is 7.92. The number of nitrogens with two attached hydrogens (primary N) is 1. The molecule has 0 fully saturated rings. The zero-order chi connectivity index (χ0) is 12.0. The van der Waals surface area contributed by atoms with E-state index >= 15 is 0 Å². The number of hydrogen-bond donors (Lipinski definition) is 3. The molecule has 0 aliphatic heterocycles. The van der Waals surface area contributed by atoms with Crippen LogP contribution in [-0.2, 0) is 0 Å². The first kappa shape index (κ1) is 15.7. The minimum atomic E-state index is 0. The van der Waals surface area contributed by atoms with Crippen molar-refractivity contribution in [1.82, 2.24) is 4.90 Å². The van der Waals surface area contributed by atoms with Gasteiger partial charge in [0.05, 0.1) is 0 Å². The van der Waals surface area contributed by atoms with Crippen LogP contribution in [0.25, 0.3) is 0 Å². The monoisotopic (exact) mass is 256 g/mol. The Morgan fingerprint density at radius 1 is 1.35 bits per heavy atom. The van der Waals surface area contributed by atoms with Crippen molar-refractivity contribution >= 4 is 23.9 Å². The van der Waals surface area contributed by atoms with E-state index in [0.29, 0.717) is 0 Å². The molecule has 0 atom stereocenters. The molecule has 0 bridgehead atoms. The van der Waals surface area contributed by atoms with E-state index in [9.17, 15) is 0 Å². The standard InChI is InChI=1S/C12H20N4.ClH/c1-16(2)9-5-8-15-11-7-4-3-6-10(11)12(13)14;/h3-4,6-7,15H,5,8-9H2,1-2H3,(H3,13,14);1H.